The van der Waals surface area contributed by atoms with E-state index in [-0.39, 0.29) is 17.6 Å². The van der Waals surface area contributed by atoms with Crippen molar-refractivity contribution in [2.45, 2.75) is 0 Å². The number of carbonyl (C=O) groups excluding carboxylic acids is 2. The average molecular weight is 446 g/mol. The topological polar surface area (TPSA) is 83.4 Å². The maximum absolute atomic E-state index is 12.9. The minimum atomic E-state index is -0.332. The Labute approximate surface area is 191 Å². The molecule has 0 atom stereocenters. The largest absolute Gasteiger partial charge is 0.492 e. The summed E-state index contributed by atoms with van der Waals surface area (Å²) in [5.74, 6) is -0.170. The first-order valence-corrected chi connectivity index (χ1v) is 10.1. The third-order valence-corrected chi connectivity index (χ3v) is 4.60. The molecule has 3 aromatic carbocycles. The van der Waals surface area contributed by atoms with Gasteiger partial charge in [-0.1, -0.05) is 6.58 Å². The van der Waals surface area contributed by atoms with Gasteiger partial charge in [0.25, 0.3) is 5.91 Å². The number of azo groups is 1. The van der Waals surface area contributed by atoms with Crippen molar-refractivity contribution in [3.05, 3.63) is 96.8 Å². The van der Waals surface area contributed by atoms with Gasteiger partial charge in [0.15, 0.2) is 0 Å². The monoisotopic (exact) mass is 446 g/mol. The second-order valence-electron chi connectivity index (χ2n) is 7.01. The smallest absolute Gasteiger partial charge is 0.255 e. The molecule has 1 N–H and O–H groups in total. The Morgan fingerprint density at radius 2 is 1.55 bits per heavy atom. The number of nitrogens with one attached hydrogen (secondary N) is 1. The summed E-state index contributed by atoms with van der Waals surface area (Å²) < 4.78 is 18.5. The molecule has 0 bridgehead atoms. The lowest BCUT2D eigenvalue weighted by molar-refractivity contribution is -0.125. The Morgan fingerprint density at radius 1 is 0.970 bits per heavy atom. The second-order valence-corrected chi connectivity index (χ2v) is 7.01. The van der Waals surface area contributed by atoms with E-state index in [1.165, 1.54) is 35.2 Å². The summed E-state index contributed by atoms with van der Waals surface area (Å²) in [5, 5.41) is 11.0. The van der Waals surface area contributed by atoms with E-state index in [1.807, 2.05) is 0 Å². The molecule has 0 heterocycles. The highest BCUT2D eigenvalue weighted by Crippen LogP contribution is 2.21. The van der Waals surface area contributed by atoms with Crippen LogP contribution in [0.25, 0.3) is 0 Å². The van der Waals surface area contributed by atoms with Crippen LogP contribution in [0.3, 0.4) is 0 Å². The third kappa shape index (κ3) is 7.10. The average Bonchev–Trinajstić information content (AvgIpc) is 2.84. The predicted molar refractivity (Wildman–Crippen MR) is 125 cm³/mol. The minimum Gasteiger partial charge on any atom is -0.492 e. The number of ether oxygens (including phenoxy) is 1. The van der Waals surface area contributed by atoms with Crippen LogP contribution in [0.15, 0.2) is 95.7 Å². The molecule has 0 aliphatic heterocycles. The number of carbonyl (C=O) groups is 2. The van der Waals surface area contributed by atoms with Crippen molar-refractivity contribution < 1.29 is 18.7 Å². The van der Waals surface area contributed by atoms with E-state index in [0.717, 1.165) is 0 Å². The van der Waals surface area contributed by atoms with E-state index in [9.17, 15) is 14.0 Å². The van der Waals surface area contributed by atoms with Crippen LogP contribution in [-0.4, -0.2) is 36.9 Å². The summed E-state index contributed by atoms with van der Waals surface area (Å²) in [5.41, 5.74) is 2.22. The molecule has 0 unspecified atom stereocenters. The first-order valence-electron chi connectivity index (χ1n) is 10.1. The van der Waals surface area contributed by atoms with E-state index in [0.29, 0.717) is 41.5 Å². The lowest BCUT2D eigenvalue weighted by atomic mass is 10.2. The Balaban J connectivity index is 1.50. The zero-order valence-corrected chi connectivity index (χ0v) is 18.1. The van der Waals surface area contributed by atoms with Crippen LogP contribution >= 0.6 is 0 Å². The summed E-state index contributed by atoms with van der Waals surface area (Å²) in [7, 11) is 1.67. The molecule has 0 aromatic heterocycles. The highest BCUT2D eigenvalue weighted by atomic mass is 19.1. The molecule has 0 aliphatic rings. The first-order chi connectivity index (χ1) is 15.9. The number of nitrogens with zero attached hydrogens (tertiary/aromatic N) is 3. The fourth-order valence-corrected chi connectivity index (χ4v) is 2.71. The summed E-state index contributed by atoms with van der Waals surface area (Å²) in [6.45, 7) is 4.19. The molecule has 8 heteroatoms. The molecule has 0 saturated heterocycles. The van der Waals surface area contributed by atoms with E-state index in [1.54, 1.807) is 55.6 Å². The van der Waals surface area contributed by atoms with Crippen LogP contribution < -0.4 is 10.1 Å². The number of hydrogen-bond acceptors (Lipinski definition) is 5. The highest BCUT2D eigenvalue weighted by Gasteiger charge is 2.08. The maximum Gasteiger partial charge on any atom is 0.255 e. The number of hydrogen-bond donors (Lipinski definition) is 1. The fraction of sp³-hybridized carbons (Fsp3) is 0.120. The molecule has 0 radical (unpaired) electrons. The molecule has 0 fully saturated rings. The molecule has 7 nitrogen and oxygen atoms in total. The molecular formula is C25H23FN4O3. The van der Waals surface area contributed by atoms with Gasteiger partial charge in [-0.3, -0.25) is 9.59 Å². The number of amides is 2. The number of rotatable bonds is 9. The van der Waals surface area contributed by atoms with Gasteiger partial charge < -0.3 is 15.0 Å². The van der Waals surface area contributed by atoms with Gasteiger partial charge in [0.05, 0.1) is 17.9 Å². The number of likely N-dealkylation sites (N-methyl/N-ethyl adjacent to an activating group) is 1. The van der Waals surface area contributed by atoms with Crippen molar-refractivity contribution in [3.63, 3.8) is 0 Å². The molecule has 0 aliphatic carbocycles. The van der Waals surface area contributed by atoms with Crippen LogP contribution in [0.2, 0.25) is 0 Å². The van der Waals surface area contributed by atoms with Gasteiger partial charge in [-0.15, -0.1) is 0 Å². The Bertz CT molecular complexity index is 1130. The van der Waals surface area contributed by atoms with E-state index in [2.05, 4.69) is 22.1 Å². The van der Waals surface area contributed by atoms with Crippen LogP contribution in [0.5, 0.6) is 5.75 Å². The van der Waals surface area contributed by atoms with Crippen molar-refractivity contribution in [1.82, 2.24) is 4.90 Å². The molecule has 3 aromatic rings. The second kappa shape index (κ2) is 11.3. The quantitative estimate of drug-likeness (QED) is 0.347. The van der Waals surface area contributed by atoms with Gasteiger partial charge in [0.2, 0.25) is 5.91 Å². The minimum absolute atomic E-state index is 0.172. The van der Waals surface area contributed by atoms with Gasteiger partial charge in [-0.2, -0.15) is 10.2 Å². The zero-order chi connectivity index (χ0) is 23.6. The summed E-state index contributed by atoms with van der Waals surface area (Å²) in [6, 6.07) is 19.3. The van der Waals surface area contributed by atoms with E-state index in [4.69, 9.17) is 4.74 Å². The third-order valence-electron chi connectivity index (χ3n) is 4.60. The number of benzene rings is 3. The fourth-order valence-electron chi connectivity index (χ4n) is 2.71. The molecule has 2 amide bonds. The molecule has 168 valence electrons. The Kier molecular flexibility index (Phi) is 8.02. The van der Waals surface area contributed by atoms with Crippen molar-refractivity contribution in [3.8, 4) is 5.75 Å². The van der Waals surface area contributed by atoms with Crippen LogP contribution in [0.4, 0.5) is 21.5 Å². The molecule has 3 rings (SSSR count). The molecule has 0 saturated carbocycles. The normalized spacial score (nSPS) is 10.6. The summed E-state index contributed by atoms with van der Waals surface area (Å²) >= 11 is 0. The summed E-state index contributed by atoms with van der Waals surface area (Å²) in [6.07, 6.45) is 1.25. The van der Waals surface area contributed by atoms with Gasteiger partial charge in [0, 0.05) is 18.3 Å². The lowest BCUT2D eigenvalue weighted by Gasteiger charge is -2.15. The van der Waals surface area contributed by atoms with Gasteiger partial charge in [-0.05, 0) is 78.9 Å². The SMILES string of the molecule is C=CC(=O)N(C)CCOc1ccc(C(=O)Nc2ccc(/N=N/c3ccc(F)cc3)cc2)cc1. The molecule has 0 spiro atoms. The van der Waals surface area contributed by atoms with Gasteiger partial charge in [-0.25, -0.2) is 4.39 Å². The highest BCUT2D eigenvalue weighted by molar-refractivity contribution is 6.04. The van der Waals surface area contributed by atoms with E-state index < -0.39 is 0 Å². The maximum atomic E-state index is 12.9. The lowest BCUT2D eigenvalue weighted by Crippen LogP contribution is -2.29. The van der Waals surface area contributed by atoms with Crippen LogP contribution in [0, 0.1) is 5.82 Å². The first kappa shape index (κ1) is 23.3. The van der Waals surface area contributed by atoms with Crippen molar-refractivity contribution in [2.75, 3.05) is 25.5 Å². The number of halogens is 1. The van der Waals surface area contributed by atoms with Crippen molar-refractivity contribution in [1.29, 1.82) is 0 Å². The van der Waals surface area contributed by atoms with Gasteiger partial charge >= 0.3 is 0 Å². The van der Waals surface area contributed by atoms with Crippen molar-refractivity contribution in [2.24, 2.45) is 10.2 Å². The van der Waals surface area contributed by atoms with Crippen molar-refractivity contribution >= 4 is 28.9 Å². The standard InChI is InChI=1S/C25H23FN4O3/c1-3-24(31)30(2)16-17-33-23-14-4-18(5-15-23)25(32)27-20-10-12-22(13-11-20)29-28-21-8-6-19(26)7-9-21/h3-15H,1,16-17H2,2H3,(H,27,32)/b29-28+. The molecular weight excluding hydrogens is 423 g/mol. The summed E-state index contributed by atoms with van der Waals surface area (Å²) in [4.78, 5) is 25.4. The van der Waals surface area contributed by atoms with E-state index >= 15 is 0 Å². The number of anilines is 1. The van der Waals surface area contributed by atoms with Crippen LogP contribution in [0.1, 0.15) is 10.4 Å². The predicted octanol–water partition coefficient (Wildman–Crippen LogP) is 5.52. The van der Waals surface area contributed by atoms with Gasteiger partial charge in [0.1, 0.15) is 18.2 Å². The Morgan fingerprint density at radius 3 is 2.12 bits per heavy atom. The molecule has 33 heavy (non-hydrogen) atoms. The Hall–Kier alpha value is -4.33. The zero-order valence-electron chi connectivity index (χ0n) is 18.1. The van der Waals surface area contributed by atoms with Crippen LogP contribution in [-0.2, 0) is 4.79 Å².